The predicted molar refractivity (Wildman–Crippen MR) is 88.0 cm³/mol. The first-order chi connectivity index (χ1) is 12.4. The fourth-order valence-corrected chi connectivity index (χ4v) is 3.09. The lowest BCUT2D eigenvalue weighted by Crippen LogP contribution is -2.36. The number of nitrogens with zero attached hydrogens (tertiary/aromatic N) is 2. The number of ether oxygens (including phenoxy) is 1. The van der Waals surface area contributed by atoms with E-state index in [1.165, 1.54) is 12.3 Å². The molecule has 1 aliphatic heterocycles. The van der Waals surface area contributed by atoms with Crippen molar-refractivity contribution in [3.63, 3.8) is 0 Å². The summed E-state index contributed by atoms with van der Waals surface area (Å²) in [7, 11) is 0. The molecular formula is C18H15F4N3O. The van der Waals surface area contributed by atoms with Crippen LogP contribution in [0.15, 0.2) is 42.7 Å². The fourth-order valence-electron chi connectivity index (χ4n) is 3.09. The van der Waals surface area contributed by atoms with Crippen molar-refractivity contribution in [1.29, 1.82) is 0 Å². The van der Waals surface area contributed by atoms with Crippen LogP contribution < -0.4 is 5.32 Å². The van der Waals surface area contributed by atoms with Gasteiger partial charge < -0.3 is 14.6 Å². The Balaban J connectivity index is 1.78. The molecule has 1 aromatic carbocycles. The summed E-state index contributed by atoms with van der Waals surface area (Å²) in [6, 6.07) is 6.52. The van der Waals surface area contributed by atoms with Gasteiger partial charge in [-0.05, 0) is 29.8 Å². The van der Waals surface area contributed by atoms with Gasteiger partial charge in [0.25, 0.3) is 0 Å². The van der Waals surface area contributed by atoms with Gasteiger partial charge in [-0.1, -0.05) is 6.07 Å². The quantitative estimate of drug-likeness (QED) is 0.699. The minimum atomic E-state index is -4.75. The zero-order valence-corrected chi connectivity index (χ0v) is 13.6. The van der Waals surface area contributed by atoms with Crippen molar-refractivity contribution in [3.05, 3.63) is 54.1 Å². The van der Waals surface area contributed by atoms with Crippen LogP contribution in [0.2, 0.25) is 0 Å². The lowest BCUT2D eigenvalue weighted by molar-refractivity contribution is -0.139. The van der Waals surface area contributed by atoms with Crippen molar-refractivity contribution in [2.45, 2.75) is 12.4 Å². The molecule has 4 rings (SSSR count). The number of benzene rings is 1. The molecule has 4 nitrogen and oxygen atoms in total. The summed E-state index contributed by atoms with van der Waals surface area (Å²) in [5.74, 6) is -1.29. The van der Waals surface area contributed by atoms with E-state index < -0.39 is 17.6 Å². The Hall–Kier alpha value is -2.45. The molecule has 8 heteroatoms. The lowest BCUT2D eigenvalue weighted by Gasteiger charge is -2.25. The molecule has 0 aliphatic carbocycles. The van der Waals surface area contributed by atoms with Crippen molar-refractivity contribution >= 4 is 11.0 Å². The largest absolute Gasteiger partial charge is 0.419 e. The minimum Gasteiger partial charge on any atom is -0.355 e. The van der Waals surface area contributed by atoms with Crippen molar-refractivity contribution in [2.75, 3.05) is 19.7 Å². The molecule has 2 aromatic heterocycles. The van der Waals surface area contributed by atoms with Gasteiger partial charge in [0.15, 0.2) is 0 Å². The van der Waals surface area contributed by atoms with Gasteiger partial charge in [0.2, 0.25) is 0 Å². The number of pyridine rings is 1. The van der Waals surface area contributed by atoms with Crippen LogP contribution in [0.4, 0.5) is 17.6 Å². The second kappa shape index (κ2) is 6.37. The summed E-state index contributed by atoms with van der Waals surface area (Å²) < 4.78 is 60.1. The van der Waals surface area contributed by atoms with Gasteiger partial charge >= 0.3 is 6.18 Å². The third-order valence-corrected chi connectivity index (χ3v) is 4.39. The van der Waals surface area contributed by atoms with Crippen molar-refractivity contribution in [1.82, 2.24) is 14.9 Å². The second-order valence-corrected chi connectivity index (χ2v) is 6.07. The maximum atomic E-state index is 13.5. The van der Waals surface area contributed by atoms with Crippen LogP contribution in [0.3, 0.4) is 0 Å². The molecule has 3 heterocycles. The number of hydrogen-bond donors (Lipinski definition) is 1. The number of aromatic nitrogens is 2. The van der Waals surface area contributed by atoms with E-state index in [0.29, 0.717) is 24.2 Å². The Kier molecular flexibility index (Phi) is 4.16. The highest BCUT2D eigenvalue weighted by atomic mass is 19.4. The standard InChI is InChI=1S/C18H15F4N3O/c19-14-2-1-11(7-13(14)18(20,21)22)12-8-16-15(24-9-12)3-5-25(16)17-10-23-4-6-26-17/h1-3,5,7-9,17,23H,4,6,10H2. The lowest BCUT2D eigenvalue weighted by atomic mass is 10.0. The van der Waals surface area contributed by atoms with Gasteiger partial charge in [0.05, 0.1) is 23.2 Å². The maximum absolute atomic E-state index is 13.5. The molecule has 26 heavy (non-hydrogen) atoms. The Labute approximate surface area is 146 Å². The first-order valence-electron chi connectivity index (χ1n) is 8.09. The highest BCUT2D eigenvalue weighted by Gasteiger charge is 2.34. The summed E-state index contributed by atoms with van der Waals surface area (Å²) in [5.41, 5.74) is 0.899. The Morgan fingerprint density at radius 2 is 2.00 bits per heavy atom. The molecule has 0 spiro atoms. The summed E-state index contributed by atoms with van der Waals surface area (Å²) in [6.07, 6.45) is -1.64. The van der Waals surface area contributed by atoms with Gasteiger partial charge in [-0.15, -0.1) is 0 Å². The molecule has 1 unspecified atom stereocenters. The van der Waals surface area contributed by atoms with E-state index in [2.05, 4.69) is 10.3 Å². The van der Waals surface area contributed by atoms with Crippen LogP contribution in [0.25, 0.3) is 22.2 Å². The maximum Gasteiger partial charge on any atom is 0.419 e. The first kappa shape index (κ1) is 17.0. The van der Waals surface area contributed by atoms with Crippen LogP contribution in [0, 0.1) is 5.82 Å². The number of hydrogen-bond acceptors (Lipinski definition) is 3. The van der Waals surface area contributed by atoms with Gasteiger partial charge in [-0.2, -0.15) is 13.2 Å². The molecule has 0 radical (unpaired) electrons. The molecule has 1 atom stereocenters. The number of halogens is 4. The van der Waals surface area contributed by atoms with Gasteiger partial charge in [-0.3, -0.25) is 4.98 Å². The molecule has 136 valence electrons. The molecule has 0 bridgehead atoms. The Bertz CT molecular complexity index is 945. The summed E-state index contributed by atoms with van der Waals surface area (Å²) >= 11 is 0. The number of alkyl halides is 3. The highest BCUT2D eigenvalue weighted by molar-refractivity contribution is 5.81. The predicted octanol–water partition coefficient (Wildman–Crippen LogP) is 3.98. The molecule has 1 aliphatic rings. The summed E-state index contributed by atoms with van der Waals surface area (Å²) in [5, 5.41) is 3.23. The number of nitrogens with one attached hydrogen (secondary N) is 1. The van der Waals surface area contributed by atoms with E-state index in [9.17, 15) is 17.6 Å². The van der Waals surface area contributed by atoms with Gasteiger partial charge in [-0.25, -0.2) is 4.39 Å². The second-order valence-electron chi connectivity index (χ2n) is 6.07. The Morgan fingerprint density at radius 1 is 1.15 bits per heavy atom. The molecular weight excluding hydrogens is 350 g/mol. The molecule has 1 fully saturated rings. The number of morpholine rings is 1. The zero-order chi connectivity index (χ0) is 18.3. The van der Waals surface area contributed by atoms with E-state index >= 15 is 0 Å². The Morgan fingerprint density at radius 3 is 2.73 bits per heavy atom. The van der Waals surface area contributed by atoms with Crippen LogP contribution >= 0.6 is 0 Å². The van der Waals surface area contributed by atoms with E-state index in [4.69, 9.17) is 4.74 Å². The van der Waals surface area contributed by atoms with E-state index in [1.54, 1.807) is 6.07 Å². The highest BCUT2D eigenvalue weighted by Crippen LogP contribution is 2.35. The zero-order valence-electron chi connectivity index (χ0n) is 13.6. The summed E-state index contributed by atoms with van der Waals surface area (Å²) in [4.78, 5) is 4.32. The smallest absolute Gasteiger partial charge is 0.355 e. The van der Waals surface area contributed by atoms with Gasteiger partial charge in [0, 0.05) is 31.0 Å². The fraction of sp³-hybridized carbons (Fsp3) is 0.278. The van der Waals surface area contributed by atoms with Crippen molar-refractivity contribution in [2.24, 2.45) is 0 Å². The molecule has 0 saturated carbocycles. The number of rotatable bonds is 2. The molecule has 0 amide bonds. The van der Waals surface area contributed by atoms with Crippen LogP contribution in [0.1, 0.15) is 11.8 Å². The minimum absolute atomic E-state index is 0.211. The topological polar surface area (TPSA) is 39.1 Å². The molecule has 3 aromatic rings. The first-order valence-corrected chi connectivity index (χ1v) is 8.09. The van der Waals surface area contributed by atoms with Crippen molar-refractivity contribution < 1.29 is 22.3 Å². The van der Waals surface area contributed by atoms with E-state index in [1.807, 2.05) is 16.8 Å². The van der Waals surface area contributed by atoms with Crippen LogP contribution in [-0.2, 0) is 10.9 Å². The third-order valence-electron chi connectivity index (χ3n) is 4.39. The van der Waals surface area contributed by atoms with Gasteiger partial charge in [0.1, 0.15) is 12.0 Å². The average Bonchev–Trinajstić information content (AvgIpc) is 3.05. The SMILES string of the molecule is Fc1ccc(-c2cnc3ccn(C4CNCCO4)c3c2)cc1C(F)(F)F. The third kappa shape index (κ3) is 3.06. The summed E-state index contributed by atoms with van der Waals surface area (Å²) in [6.45, 7) is 1.97. The van der Waals surface area contributed by atoms with Crippen LogP contribution in [-0.4, -0.2) is 29.2 Å². The monoisotopic (exact) mass is 365 g/mol. The molecule has 1 saturated heterocycles. The van der Waals surface area contributed by atoms with Crippen molar-refractivity contribution in [3.8, 4) is 11.1 Å². The molecule has 1 N–H and O–H groups in total. The average molecular weight is 365 g/mol. The van der Waals surface area contributed by atoms with E-state index in [-0.39, 0.29) is 11.8 Å². The number of fused-ring (bicyclic) bond motifs is 1. The van der Waals surface area contributed by atoms with E-state index in [0.717, 1.165) is 24.2 Å². The van der Waals surface area contributed by atoms with Crippen LogP contribution in [0.5, 0.6) is 0 Å². The normalized spacial score (nSPS) is 18.4.